The number of nitrogens with one attached hydrogen (secondary N) is 1. The molecular formula is C8H11N5O2S. The summed E-state index contributed by atoms with van der Waals surface area (Å²) in [6.07, 6.45) is 0. The molecule has 0 aliphatic carbocycles. The number of amides is 1. The molecule has 0 saturated heterocycles. The third-order valence-electron chi connectivity index (χ3n) is 1.93. The Morgan fingerprint density at radius 2 is 2.38 bits per heavy atom. The second-order valence-corrected chi connectivity index (χ2v) is 4.05. The Labute approximate surface area is 95.4 Å². The lowest BCUT2D eigenvalue weighted by Crippen LogP contribution is -2.26. The quantitative estimate of drug-likeness (QED) is 0.754. The largest absolute Gasteiger partial charge is 0.383 e. The van der Waals surface area contributed by atoms with Gasteiger partial charge < -0.3 is 10.1 Å². The molecule has 8 heteroatoms. The minimum Gasteiger partial charge on any atom is -0.383 e. The van der Waals surface area contributed by atoms with Crippen molar-refractivity contribution in [3.8, 4) is 0 Å². The Hall–Kier alpha value is -1.54. The number of hydrogen-bond acceptors (Lipinski definition) is 6. The summed E-state index contributed by atoms with van der Waals surface area (Å²) in [7, 11) is 1.58. The maximum Gasteiger partial charge on any atom is 0.282 e. The predicted octanol–water partition coefficient (Wildman–Crippen LogP) is -0.130. The number of ether oxygens (including phenoxy) is 1. The van der Waals surface area contributed by atoms with Gasteiger partial charge in [0.05, 0.1) is 6.61 Å². The molecule has 0 saturated carbocycles. The van der Waals surface area contributed by atoms with Crippen LogP contribution in [0.4, 0.5) is 0 Å². The summed E-state index contributed by atoms with van der Waals surface area (Å²) in [6.45, 7) is 2.73. The first-order valence-electron chi connectivity index (χ1n) is 4.68. The lowest BCUT2D eigenvalue weighted by Gasteiger charge is -2.00. The summed E-state index contributed by atoms with van der Waals surface area (Å²) < 4.78 is 6.38. The van der Waals surface area contributed by atoms with Crippen LogP contribution < -0.4 is 5.32 Å². The van der Waals surface area contributed by atoms with Gasteiger partial charge in [0.25, 0.3) is 5.91 Å². The fraction of sp³-hybridized carbons (Fsp3) is 0.500. The van der Waals surface area contributed by atoms with Gasteiger partial charge in [0.2, 0.25) is 9.97 Å². The van der Waals surface area contributed by atoms with E-state index in [1.165, 1.54) is 11.3 Å². The second kappa shape index (κ2) is 4.54. The van der Waals surface area contributed by atoms with Crippen LogP contribution >= 0.6 is 11.3 Å². The Kier molecular flexibility index (Phi) is 3.11. The minimum atomic E-state index is -0.216. The van der Waals surface area contributed by atoms with Crippen molar-refractivity contribution in [1.29, 1.82) is 0 Å². The number of rotatable bonds is 4. The molecule has 2 heterocycles. The van der Waals surface area contributed by atoms with Crippen LogP contribution in [0.5, 0.6) is 0 Å². The van der Waals surface area contributed by atoms with Crippen LogP contribution in [-0.2, 0) is 4.74 Å². The van der Waals surface area contributed by atoms with Crippen molar-refractivity contribution in [2.24, 2.45) is 0 Å². The lowest BCUT2D eigenvalue weighted by molar-refractivity contribution is 0.0935. The zero-order chi connectivity index (χ0) is 11.5. The number of fused-ring (bicyclic) bond motifs is 1. The Morgan fingerprint density at radius 3 is 3.06 bits per heavy atom. The highest BCUT2D eigenvalue weighted by atomic mass is 32.1. The molecule has 0 bridgehead atoms. The first-order valence-corrected chi connectivity index (χ1v) is 5.50. The van der Waals surface area contributed by atoms with E-state index in [9.17, 15) is 4.79 Å². The summed E-state index contributed by atoms with van der Waals surface area (Å²) in [5.74, 6) is 0.453. The van der Waals surface area contributed by atoms with Crippen LogP contribution in [0.3, 0.4) is 0 Å². The molecule has 16 heavy (non-hydrogen) atoms. The van der Waals surface area contributed by atoms with Crippen LogP contribution in [0.1, 0.15) is 15.6 Å². The first-order chi connectivity index (χ1) is 7.72. The SMILES string of the molecule is COCCNC(=O)c1nn2c(C)nnc2s1. The molecule has 0 spiro atoms. The standard InChI is InChI=1S/C8H11N5O2S/c1-5-10-11-8-13(5)12-7(16-8)6(14)9-3-4-15-2/h3-4H2,1-2H3,(H,9,14). The Balaban J connectivity index is 2.11. The average Bonchev–Trinajstić information content (AvgIpc) is 2.82. The number of nitrogens with zero attached hydrogens (tertiary/aromatic N) is 4. The highest BCUT2D eigenvalue weighted by Gasteiger charge is 2.14. The maximum absolute atomic E-state index is 11.6. The predicted molar refractivity (Wildman–Crippen MR) is 57.6 cm³/mol. The molecule has 1 N–H and O–H groups in total. The zero-order valence-corrected chi connectivity index (χ0v) is 9.74. The molecule has 2 rings (SSSR count). The van der Waals surface area contributed by atoms with Gasteiger partial charge in [-0.3, -0.25) is 4.79 Å². The monoisotopic (exact) mass is 241 g/mol. The van der Waals surface area contributed by atoms with E-state index in [1.54, 1.807) is 18.5 Å². The summed E-state index contributed by atoms with van der Waals surface area (Å²) in [6, 6.07) is 0. The number of hydrogen-bond donors (Lipinski definition) is 1. The molecule has 2 aromatic rings. The third-order valence-corrected chi connectivity index (χ3v) is 2.83. The molecule has 1 amide bonds. The van der Waals surface area contributed by atoms with Crippen LogP contribution in [0.2, 0.25) is 0 Å². The Bertz CT molecular complexity index is 505. The third kappa shape index (κ3) is 2.02. The van der Waals surface area contributed by atoms with E-state index in [4.69, 9.17) is 4.74 Å². The minimum absolute atomic E-state index is 0.216. The summed E-state index contributed by atoms with van der Waals surface area (Å²) in [5.41, 5.74) is 0. The topological polar surface area (TPSA) is 81.4 Å². The van der Waals surface area contributed by atoms with E-state index in [1.807, 2.05) is 0 Å². The van der Waals surface area contributed by atoms with Crippen molar-refractivity contribution >= 4 is 22.2 Å². The van der Waals surface area contributed by atoms with E-state index in [0.717, 1.165) is 0 Å². The van der Waals surface area contributed by atoms with E-state index in [2.05, 4.69) is 20.6 Å². The van der Waals surface area contributed by atoms with E-state index >= 15 is 0 Å². The fourth-order valence-corrected chi connectivity index (χ4v) is 1.95. The molecule has 2 aromatic heterocycles. The normalized spacial score (nSPS) is 10.9. The van der Waals surface area contributed by atoms with Gasteiger partial charge >= 0.3 is 0 Å². The highest BCUT2D eigenvalue weighted by Crippen LogP contribution is 2.12. The molecule has 0 fully saturated rings. The van der Waals surface area contributed by atoms with Crippen LogP contribution in [0, 0.1) is 6.92 Å². The first kappa shape index (κ1) is 11.0. The second-order valence-electron chi connectivity index (χ2n) is 3.10. The van der Waals surface area contributed by atoms with Gasteiger partial charge in [-0.15, -0.1) is 15.3 Å². The molecule has 0 aromatic carbocycles. The fourth-order valence-electron chi connectivity index (χ4n) is 1.15. The molecule has 0 radical (unpaired) electrons. The van der Waals surface area contributed by atoms with Gasteiger partial charge in [-0.1, -0.05) is 11.3 Å². The zero-order valence-electron chi connectivity index (χ0n) is 8.93. The van der Waals surface area contributed by atoms with Crippen LogP contribution in [-0.4, -0.2) is 46.0 Å². The summed E-state index contributed by atoms with van der Waals surface area (Å²) >= 11 is 1.21. The van der Waals surface area contributed by atoms with Crippen LogP contribution in [0.25, 0.3) is 4.96 Å². The van der Waals surface area contributed by atoms with Gasteiger partial charge in [-0.05, 0) is 6.92 Å². The summed E-state index contributed by atoms with van der Waals surface area (Å²) in [4.78, 5) is 12.2. The maximum atomic E-state index is 11.6. The summed E-state index contributed by atoms with van der Waals surface area (Å²) in [5, 5.41) is 14.9. The van der Waals surface area contributed by atoms with Crippen molar-refractivity contribution in [3.05, 3.63) is 10.8 Å². The van der Waals surface area contributed by atoms with E-state index in [0.29, 0.717) is 28.9 Å². The van der Waals surface area contributed by atoms with Crippen molar-refractivity contribution in [1.82, 2.24) is 25.1 Å². The molecule has 0 atom stereocenters. The average molecular weight is 241 g/mol. The smallest absolute Gasteiger partial charge is 0.282 e. The van der Waals surface area contributed by atoms with Gasteiger partial charge in [-0.2, -0.15) is 4.52 Å². The van der Waals surface area contributed by atoms with Gasteiger partial charge in [0.1, 0.15) is 0 Å². The number of carbonyl (C=O) groups is 1. The van der Waals surface area contributed by atoms with Crippen molar-refractivity contribution < 1.29 is 9.53 Å². The molecule has 7 nitrogen and oxygen atoms in total. The van der Waals surface area contributed by atoms with Gasteiger partial charge in [-0.25, -0.2) is 0 Å². The lowest BCUT2D eigenvalue weighted by atomic mass is 10.6. The number of carbonyl (C=O) groups excluding carboxylic acids is 1. The van der Waals surface area contributed by atoms with Crippen LogP contribution in [0.15, 0.2) is 0 Å². The molecule has 0 aliphatic heterocycles. The van der Waals surface area contributed by atoms with Crippen molar-refractivity contribution in [2.75, 3.05) is 20.3 Å². The highest BCUT2D eigenvalue weighted by molar-refractivity contribution is 7.18. The van der Waals surface area contributed by atoms with Gasteiger partial charge in [0, 0.05) is 13.7 Å². The number of aromatic nitrogens is 4. The van der Waals surface area contributed by atoms with Gasteiger partial charge in [0.15, 0.2) is 5.82 Å². The van der Waals surface area contributed by atoms with E-state index in [-0.39, 0.29) is 5.91 Å². The van der Waals surface area contributed by atoms with Crippen molar-refractivity contribution in [3.63, 3.8) is 0 Å². The van der Waals surface area contributed by atoms with Crippen molar-refractivity contribution in [2.45, 2.75) is 6.92 Å². The number of aryl methyl sites for hydroxylation is 1. The molecule has 0 unspecified atom stereocenters. The molecule has 0 aliphatic rings. The molecular weight excluding hydrogens is 230 g/mol. The molecule has 86 valence electrons. The van der Waals surface area contributed by atoms with E-state index < -0.39 is 0 Å². The Morgan fingerprint density at radius 1 is 1.56 bits per heavy atom. The number of methoxy groups -OCH3 is 1.